The molecule has 0 bridgehead atoms. The molecule has 2 aromatic rings. The van der Waals surface area contributed by atoms with Crippen molar-refractivity contribution in [3.63, 3.8) is 0 Å². The lowest BCUT2D eigenvalue weighted by Crippen LogP contribution is -2.35. The molecule has 0 saturated heterocycles. The number of rotatable bonds is 11. The average Bonchev–Trinajstić information content (AvgIpc) is 3.22. The molecule has 0 aliphatic heterocycles. The van der Waals surface area contributed by atoms with E-state index in [1.165, 1.54) is 12.5 Å². The smallest absolute Gasteiger partial charge is 0.259 e. The van der Waals surface area contributed by atoms with Gasteiger partial charge in [0, 0.05) is 5.56 Å². The van der Waals surface area contributed by atoms with Gasteiger partial charge in [0.1, 0.15) is 5.76 Å². The Morgan fingerprint density at radius 1 is 1.07 bits per heavy atom. The van der Waals surface area contributed by atoms with E-state index in [0.717, 1.165) is 0 Å². The number of amides is 2. The summed E-state index contributed by atoms with van der Waals surface area (Å²) in [6.45, 7) is 6.46. The Hall–Kier alpha value is -3.49. The fourth-order valence-corrected chi connectivity index (χ4v) is 2.35. The van der Waals surface area contributed by atoms with Crippen LogP contribution in [0.2, 0.25) is 0 Å². The third kappa shape index (κ3) is 6.56. The van der Waals surface area contributed by atoms with Gasteiger partial charge in [-0.05, 0) is 45.0 Å². The van der Waals surface area contributed by atoms with Gasteiger partial charge in [0.15, 0.2) is 11.5 Å². The second kappa shape index (κ2) is 11.4. The van der Waals surface area contributed by atoms with E-state index in [2.05, 4.69) is 15.8 Å². The van der Waals surface area contributed by atoms with Gasteiger partial charge in [0.2, 0.25) is 5.75 Å². The summed E-state index contributed by atoms with van der Waals surface area (Å²) in [6, 6.07) is 6.50. The van der Waals surface area contributed by atoms with Crippen molar-refractivity contribution in [1.29, 1.82) is 0 Å². The van der Waals surface area contributed by atoms with Crippen LogP contribution in [0.15, 0.2) is 40.0 Å². The quantitative estimate of drug-likeness (QED) is 0.440. The fraction of sp³-hybridized carbons (Fsp3) is 0.350. The molecule has 2 N–H and O–H groups in total. The van der Waals surface area contributed by atoms with Crippen LogP contribution in [0.25, 0.3) is 0 Å². The molecular weight excluding hydrogens is 378 g/mol. The molecule has 0 radical (unpaired) electrons. The fourth-order valence-electron chi connectivity index (χ4n) is 2.35. The molecule has 9 heteroatoms. The van der Waals surface area contributed by atoms with Gasteiger partial charge in [-0.25, -0.2) is 5.43 Å². The summed E-state index contributed by atoms with van der Waals surface area (Å²) in [6.07, 6.45) is 2.85. The predicted molar refractivity (Wildman–Crippen MR) is 107 cm³/mol. The minimum atomic E-state index is -0.484. The third-order valence-electron chi connectivity index (χ3n) is 3.51. The van der Waals surface area contributed by atoms with Crippen LogP contribution in [0.5, 0.6) is 17.2 Å². The molecule has 1 aromatic heterocycles. The number of carbonyl (C=O) groups is 2. The first-order chi connectivity index (χ1) is 14.1. The number of hydrazone groups is 1. The molecule has 0 aliphatic carbocycles. The van der Waals surface area contributed by atoms with E-state index >= 15 is 0 Å². The number of ether oxygens (including phenoxy) is 3. The molecule has 0 unspecified atom stereocenters. The van der Waals surface area contributed by atoms with Gasteiger partial charge in [-0.1, -0.05) is 0 Å². The largest absolute Gasteiger partial charge is 0.490 e. The van der Waals surface area contributed by atoms with Crippen molar-refractivity contribution in [2.45, 2.75) is 20.8 Å². The van der Waals surface area contributed by atoms with Crippen LogP contribution >= 0.6 is 0 Å². The maximum absolute atomic E-state index is 12.5. The molecule has 1 aromatic carbocycles. The van der Waals surface area contributed by atoms with Crippen molar-refractivity contribution in [3.05, 3.63) is 41.9 Å². The van der Waals surface area contributed by atoms with Gasteiger partial charge in [0.05, 0.1) is 38.8 Å². The van der Waals surface area contributed by atoms with Gasteiger partial charge in [-0.2, -0.15) is 5.10 Å². The van der Waals surface area contributed by atoms with Gasteiger partial charge >= 0.3 is 0 Å². The molecule has 29 heavy (non-hydrogen) atoms. The first kappa shape index (κ1) is 21.8. The highest BCUT2D eigenvalue weighted by atomic mass is 16.5. The summed E-state index contributed by atoms with van der Waals surface area (Å²) in [7, 11) is 0. The zero-order chi connectivity index (χ0) is 21.1. The van der Waals surface area contributed by atoms with Crippen molar-refractivity contribution >= 4 is 18.0 Å². The maximum atomic E-state index is 12.5. The van der Waals surface area contributed by atoms with E-state index in [4.69, 9.17) is 18.6 Å². The lowest BCUT2D eigenvalue weighted by atomic mass is 10.1. The van der Waals surface area contributed by atoms with Crippen molar-refractivity contribution in [3.8, 4) is 17.2 Å². The second-order valence-electron chi connectivity index (χ2n) is 5.59. The molecule has 0 aliphatic rings. The van der Waals surface area contributed by atoms with Crippen LogP contribution in [0.3, 0.4) is 0 Å². The van der Waals surface area contributed by atoms with Crippen LogP contribution in [-0.2, 0) is 4.79 Å². The molecule has 0 fully saturated rings. The van der Waals surface area contributed by atoms with Gasteiger partial charge in [0.25, 0.3) is 11.8 Å². The number of nitrogens with one attached hydrogen (secondary N) is 2. The van der Waals surface area contributed by atoms with Crippen LogP contribution in [0.1, 0.15) is 36.9 Å². The van der Waals surface area contributed by atoms with E-state index in [-0.39, 0.29) is 12.1 Å². The van der Waals surface area contributed by atoms with Crippen LogP contribution < -0.4 is 25.0 Å². The van der Waals surface area contributed by atoms with E-state index in [9.17, 15) is 9.59 Å². The Balaban J connectivity index is 2.03. The Morgan fingerprint density at radius 2 is 1.72 bits per heavy atom. The van der Waals surface area contributed by atoms with Crippen LogP contribution in [-0.4, -0.2) is 44.4 Å². The number of furan rings is 1. The molecule has 156 valence electrons. The monoisotopic (exact) mass is 403 g/mol. The molecule has 0 spiro atoms. The summed E-state index contributed by atoms with van der Waals surface area (Å²) >= 11 is 0. The van der Waals surface area contributed by atoms with Gasteiger partial charge in [-0.3, -0.25) is 9.59 Å². The highest BCUT2D eigenvalue weighted by Gasteiger charge is 2.18. The van der Waals surface area contributed by atoms with E-state index in [1.807, 2.05) is 20.8 Å². The minimum Gasteiger partial charge on any atom is -0.490 e. The average molecular weight is 403 g/mol. The van der Waals surface area contributed by atoms with Crippen molar-refractivity contribution < 1.29 is 28.2 Å². The summed E-state index contributed by atoms with van der Waals surface area (Å²) in [4.78, 5) is 24.3. The highest BCUT2D eigenvalue weighted by molar-refractivity contribution is 5.97. The first-order valence-electron chi connectivity index (χ1n) is 9.29. The first-order valence-corrected chi connectivity index (χ1v) is 9.29. The van der Waals surface area contributed by atoms with E-state index < -0.39 is 11.8 Å². The molecule has 9 nitrogen and oxygen atoms in total. The Morgan fingerprint density at radius 3 is 2.28 bits per heavy atom. The third-order valence-corrected chi connectivity index (χ3v) is 3.51. The molecule has 0 saturated carbocycles. The van der Waals surface area contributed by atoms with Gasteiger partial charge < -0.3 is 23.9 Å². The normalized spacial score (nSPS) is 10.6. The maximum Gasteiger partial charge on any atom is 0.259 e. The zero-order valence-electron chi connectivity index (χ0n) is 16.7. The van der Waals surface area contributed by atoms with E-state index in [0.29, 0.717) is 42.8 Å². The lowest BCUT2D eigenvalue weighted by Gasteiger charge is -2.17. The van der Waals surface area contributed by atoms with E-state index in [1.54, 1.807) is 24.3 Å². The summed E-state index contributed by atoms with van der Waals surface area (Å²) in [5.41, 5.74) is 2.59. The standard InChI is InChI=1S/C20H25N3O6/c1-4-26-16-10-14(11-17(27-5-2)19(16)28-6-3)20(25)21-13-18(24)23-22-12-15-8-7-9-29-15/h7-12H,4-6,13H2,1-3H3,(H,21,25)(H,23,24)/b22-12-. The van der Waals surface area contributed by atoms with Crippen molar-refractivity contribution in [2.24, 2.45) is 5.10 Å². The number of benzene rings is 1. The zero-order valence-corrected chi connectivity index (χ0v) is 16.7. The Labute approximate surface area is 169 Å². The highest BCUT2D eigenvalue weighted by Crippen LogP contribution is 2.39. The summed E-state index contributed by atoms with van der Waals surface area (Å²) < 4.78 is 21.8. The lowest BCUT2D eigenvalue weighted by molar-refractivity contribution is -0.120. The molecule has 2 amide bonds. The minimum absolute atomic E-state index is 0.254. The second-order valence-corrected chi connectivity index (χ2v) is 5.59. The van der Waals surface area contributed by atoms with Crippen molar-refractivity contribution in [1.82, 2.24) is 10.7 Å². The topological polar surface area (TPSA) is 111 Å². The number of carbonyl (C=O) groups excluding carboxylic acids is 2. The van der Waals surface area contributed by atoms with Gasteiger partial charge in [-0.15, -0.1) is 0 Å². The molecular formula is C20H25N3O6. The van der Waals surface area contributed by atoms with Crippen LogP contribution in [0.4, 0.5) is 0 Å². The molecule has 2 rings (SSSR count). The molecule has 1 heterocycles. The summed E-state index contributed by atoms with van der Waals surface area (Å²) in [5.74, 6) is 0.798. The van der Waals surface area contributed by atoms with Crippen LogP contribution in [0, 0.1) is 0 Å². The Kier molecular flexibility index (Phi) is 8.55. The summed E-state index contributed by atoms with van der Waals surface area (Å²) in [5, 5.41) is 6.28. The van der Waals surface area contributed by atoms with Crippen molar-refractivity contribution in [2.75, 3.05) is 26.4 Å². The Bertz CT molecular complexity index is 806. The SMILES string of the molecule is CCOc1cc(C(=O)NCC(=O)N/N=C\c2ccco2)cc(OCC)c1OCC. The number of hydrogen-bond donors (Lipinski definition) is 2. The number of hydrogen-bond acceptors (Lipinski definition) is 7. The predicted octanol–water partition coefficient (Wildman–Crippen LogP) is 2.36. The number of nitrogens with zero attached hydrogens (tertiary/aromatic N) is 1. The molecule has 0 atom stereocenters.